The third kappa shape index (κ3) is 2.07. The number of para-hydroxylation sites is 2. The molecule has 2 N–H and O–H groups in total. The summed E-state index contributed by atoms with van der Waals surface area (Å²) in [5.41, 5.74) is 1.88. The maximum Gasteiger partial charge on any atom is 0.122 e. The van der Waals surface area contributed by atoms with Crippen molar-refractivity contribution in [3.05, 3.63) is 24.3 Å². The molecule has 0 saturated carbocycles. The van der Waals surface area contributed by atoms with Crippen molar-refractivity contribution in [3.63, 3.8) is 0 Å². The minimum atomic E-state index is -0.290. The van der Waals surface area contributed by atoms with E-state index < -0.39 is 0 Å². The molecular weight excluding hydrogens is 222 g/mol. The third-order valence-electron chi connectivity index (χ3n) is 2.80. The van der Waals surface area contributed by atoms with Crippen LogP contribution in [0.1, 0.15) is 19.3 Å². The third-order valence-corrected chi connectivity index (χ3v) is 3.25. The van der Waals surface area contributed by atoms with E-state index in [0.717, 1.165) is 24.2 Å². The maximum atomic E-state index is 8.55. The number of fused-ring (bicyclic) bond motifs is 1. The van der Waals surface area contributed by atoms with Gasteiger partial charge in [-0.2, -0.15) is 5.26 Å². The van der Waals surface area contributed by atoms with Crippen molar-refractivity contribution in [2.24, 2.45) is 0 Å². The van der Waals surface area contributed by atoms with Crippen LogP contribution in [0.25, 0.3) is 0 Å². The second-order valence-electron chi connectivity index (χ2n) is 4.02. The number of benzene rings is 1. The van der Waals surface area contributed by atoms with Crippen LogP contribution in [-0.2, 0) is 0 Å². The molecule has 0 bridgehead atoms. The van der Waals surface area contributed by atoms with Crippen LogP contribution >= 0.6 is 11.6 Å². The summed E-state index contributed by atoms with van der Waals surface area (Å²) in [6.45, 7) is 0. The predicted molar refractivity (Wildman–Crippen MR) is 66.6 cm³/mol. The van der Waals surface area contributed by atoms with E-state index in [1.54, 1.807) is 0 Å². The van der Waals surface area contributed by atoms with Gasteiger partial charge in [-0.05, 0) is 25.0 Å². The average Bonchev–Trinajstić information content (AvgIpc) is 2.68. The molecule has 0 unspecified atom stereocenters. The molecule has 2 rings (SSSR count). The molecule has 0 fully saturated rings. The standard InChI is InChI=1S/C12H14ClN3/c13-9-12(7-3-4-8-14)15-10-5-1-2-6-11(10)16-12/h1-2,5-6,15-16H,3-4,7,9H2. The van der Waals surface area contributed by atoms with E-state index >= 15 is 0 Å². The lowest BCUT2D eigenvalue weighted by Gasteiger charge is -2.28. The van der Waals surface area contributed by atoms with Crippen molar-refractivity contribution in [2.45, 2.75) is 24.9 Å². The molecule has 0 amide bonds. The van der Waals surface area contributed by atoms with Crippen LogP contribution in [0.15, 0.2) is 24.3 Å². The zero-order valence-electron chi connectivity index (χ0n) is 8.96. The van der Waals surface area contributed by atoms with Crippen molar-refractivity contribution in [3.8, 4) is 6.07 Å². The minimum absolute atomic E-state index is 0.290. The number of nitriles is 1. The van der Waals surface area contributed by atoms with Gasteiger partial charge in [0.25, 0.3) is 0 Å². The molecule has 0 atom stereocenters. The fraction of sp³-hybridized carbons (Fsp3) is 0.417. The number of nitrogens with zero attached hydrogens (tertiary/aromatic N) is 1. The van der Waals surface area contributed by atoms with E-state index in [4.69, 9.17) is 16.9 Å². The van der Waals surface area contributed by atoms with Gasteiger partial charge in [0.15, 0.2) is 0 Å². The second-order valence-corrected chi connectivity index (χ2v) is 4.29. The molecule has 1 aromatic carbocycles. The second kappa shape index (κ2) is 4.63. The number of anilines is 2. The molecule has 84 valence electrons. The van der Waals surface area contributed by atoms with E-state index in [0.29, 0.717) is 12.3 Å². The molecule has 0 aliphatic carbocycles. The number of halogens is 1. The van der Waals surface area contributed by atoms with Gasteiger partial charge in [0.1, 0.15) is 5.66 Å². The molecular formula is C12H14ClN3. The largest absolute Gasteiger partial charge is 0.360 e. The Balaban J connectivity index is 2.08. The molecule has 1 aliphatic heterocycles. The van der Waals surface area contributed by atoms with Crippen LogP contribution in [0.3, 0.4) is 0 Å². The Morgan fingerprint density at radius 1 is 1.25 bits per heavy atom. The zero-order valence-corrected chi connectivity index (χ0v) is 9.72. The van der Waals surface area contributed by atoms with Gasteiger partial charge in [-0.25, -0.2) is 0 Å². The zero-order chi connectivity index (χ0) is 11.4. The van der Waals surface area contributed by atoms with Gasteiger partial charge in [-0.3, -0.25) is 0 Å². The SMILES string of the molecule is N#CCCCC1(CCl)Nc2ccccc2N1. The van der Waals surface area contributed by atoms with Crippen LogP contribution in [0.5, 0.6) is 0 Å². The summed E-state index contributed by atoms with van der Waals surface area (Å²) < 4.78 is 0. The number of unbranched alkanes of at least 4 members (excludes halogenated alkanes) is 1. The maximum absolute atomic E-state index is 8.55. The number of hydrogen-bond donors (Lipinski definition) is 2. The number of alkyl halides is 1. The van der Waals surface area contributed by atoms with Gasteiger partial charge in [0, 0.05) is 6.42 Å². The van der Waals surface area contributed by atoms with Crippen LogP contribution < -0.4 is 10.6 Å². The Hall–Kier alpha value is -1.40. The first-order valence-electron chi connectivity index (χ1n) is 5.38. The normalized spacial score (nSPS) is 15.8. The lowest BCUT2D eigenvalue weighted by Crippen LogP contribution is -2.43. The summed E-state index contributed by atoms with van der Waals surface area (Å²) in [7, 11) is 0. The quantitative estimate of drug-likeness (QED) is 0.623. The predicted octanol–water partition coefficient (Wildman–Crippen LogP) is 3.15. The lowest BCUT2D eigenvalue weighted by atomic mass is 10.1. The van der Waals surface area contributed by atoms with Crippen molar-refractivity contribution < 1.29 is 0 Å². The molecule has 0 radical (unpaired) electrons. The molecule has 1 heterocycles. The highest BCUT2D eigenvalue weighted by molar-refractivity contribution is 6.19. The fourth-order valence-electron chi connectivity index (χ4n) is 1.98. The Bertz CT molecular complexity index is 386. The Labute approximate surface area is 100 Å². The topological polar surface area (TPSA) is 47.9 Å². The highest BCUT2D eigenvalue weighted by Crippen LogP contribution is 2.36. The Kier molecular flexibility index (Phi) is 3.21. The van der Waals surface area contributed by atoms with Gasteiger partial charge < -0.3 is 10.6 Å². The minimum Gasteiger partial charge on any atom is -0.360 e. The van der Waals surface area contributed by atoms with E-state index in [9.17, 15) is 0 Å². The van der Waals surface area contributed by atoms with Gasteiger partial charge in [0.05, 0.1) is 23.3 Å². The molecule has 3 nitrogen and oxygen atoms in total. The van der Waals surface area contributed by atoms with Crippen molar-refractivity contribution in [1.29, 1.82) is 5.26 Å². The van der Waals surface area contributed by atoms with Crippen LogP contribution in [0.2, 0.25) is 0 Å². The average molecular weight is 236 g/mol. The summed E-state index contributed by atoms with van der Waals surface area (Å²) in [6, 6.07) is 10.2. The fourth-order valence-corrected chi connectivity index (χ4v) is 2.24. The Morgan fingerprint density at radius 2 is 1.88 bits per heavy atom. The summed E-state index contributed by atoms with van der Waals surface area (Å²) in [6.07, 6.45) is 2.26. The van der Waals surface area contributed by atoms with Crippen molar-refractivity contribution in [2.75, 3.05) is 16.5 Å². The first-order valence-corrected chi connectivity index (χ1v) is 5.91. The smallest absolute Gasteiger partial charge is 0.122 e. The van der Waals surface area contributed by atoms with Gasteiger partial charge in [-0.1, -0.05) is 12.1 Å². The van der Waals surface area contributed by atoms with E-state index in [1.165, 1.54) is 0 Å². The molecule has 0 spiro atoms. The molecule has 0 saturated heterocycles. The monoisotopic (exact) mass is 235 g/mol. The molecule has 0 aromatic heterocycles. The molecule has 4 heteroatoms. The van der Waals surface area contributed by atoms with E-state index in [-0.39, 0.29) is 5.66 Å². The van der Waals surface area contributed by atoms with Gasteiger partial charge in [-0.15, -0.1) is 11.6 Å². The van der Waals surface area contributed by atoms with Crippen LogP contribution in [0, 0.1) is 11.3 Å². The number of hydrogen-bond acceptors (Lipinski definition) is 3. The van der Waals surface area contributed by atoms with Crippen LogP contribution in [0.4, 0.5) is 11.4 Å². The summed E-state index contributed by atoms with van der Waals surface area (Å²) in [4.78, 5) is 0. The highest BCUT2D eigenvalue weighted by atomic mass is 35.5. The summed E-state index contributed by atoms with van der Waals surface area (Å²) >= 11 is 6.03. The molecule has 1 aliphatic rings. The van der Waals surface area contributed by atoms with Crippen molar-refractivity contribution >= 4 is 23.0 Å². The first-order chi connectivity index (χ1) is 7.79. The number of nitrogens with one attached hydrogen (secondary N) is 2. The highest BCUT2D eigenvalue weighted by Gasteiger charge is 2.34. The number of rotatable bonds is 4. The molecule has 1 aromatic rings. The summed E-state index contributed by atoms with van der Waals surface area (Å²) in [5, 5.41) is 15.4. The summed E-state index contributed by atoms with van der Waals surface area (Å²) in [5.74, 6) is 0.479. The van der Waals surface area contributed by atoms with Gasteiger partial charge >= 0.3 is 0 Å². The lowest BCUT2D eigenvalue weighted by molar-refractivity contribution is 0.533. The van der Waals surface area contributed by atoms with Crippen LogP contribution in [-0.4, -0.2) is 11.5 Å². The van der Waals surface area contributed by atoms with E-state index in [2.05, 4.69) is 16.7 Å². The van der Waals surface area contributed by atoms with Gasteiger partial charge in [0.2, 0.25) is 0 Å². The van der Waals surface area contributed by atoms with Crippen molar-refractivity contribution in [1.82, 2.24) is 0 Å². The van der Waals surface area contributed by atoms with E-state index in [1.807, 2.05) is 24.3 Å². The first kappa shape index (κ1) is 11.1. The Morgan fingerprint density at radius 3 is 2.38 bits per heavy atom. The molecule has 16 heavy (non-hydrogen) atoms.